The number of amides is 1. The molecule has 0 radical (unpaired) electrons. The fraction of sp³-hybridized carbons (Fsp3) is 0.115. The maximum Gasteiger partial charge on any atom is 0.255 e. The van der Waals surface area contributed by atoms with Gasteiger partial charge in [0.1, 0.15) is 12.4 Å². The summed E-state index contributed by atoms with van der Waals surface area (Å²) < 4.78 is 16.7. The first-order valence-electron chi connectivity index (χ1n) is 9.91. The standard InChI is InChI=1S/C26H23NO4/c1-29-23-15-14-19(16-20(23)17-31-25-13-6-5-12-24(25)30-2)26(28)27-22-11-7-9-18-8-3-4-10-21(18)22/h3-16H,17H2,1-2H3,(H,27,28). The average molecular weight is 413 g/mol. The van der Waals surface area contributed by atoms with Gasteiger partial charge in [0.2, 0.25) is 0 Å². The van der Waals surface area contributed by atoms with E-state index in [9.17, 15) is 4.79 Å². The molecule has 0 spiro atoms. The van der Waals surface area contributed by atoms with Gasteiger partial charge in [-0.1, -0.05) is 48.5 Å². The van der Waals surface area contributed by atoms with E-state index in [0.29, 0.717) is 22.8 Å². The van der Waals surface area contributed by atoms with E-state index >= 15 is 0 Å². The van der Waals surface area contributed by atoms with E-state index in [1.54, 1.807) is 32.4 Å². The predicted octanol–water partition coefficient (Wildman–Crippen LogP) is 5.69. The fourth-order valence-electron chi connectivity index (χ4n) is 3.46. The summed E-state index contributed by atoms with van der Waals surface area (Å²) in [6, 6.07) is 26.5. The normalized spacial score (nSPS) is 10.5. The molecule has 0 aliphatic heterocycles. The molecule has 31 heavy (non-hydrogen) atoms. The first kappa shape index (κ1) is 20.3. The molecule has 1 N–H and O–H groups in total. The van der Waals surface area contributed by atoms with E-state index in [2.05, 4.69) is 5.32 Å². The Labute approximate surface area is 181 Å². The molecule has 0 saturated heterocycles. The Morgan fingerprint density at radius 2 is 1.48 bits per heavy atom. The minimum atomic E-state index is -0.197. The molecule has 4 rings (SSSR count). The summed E-state index contributed by atoms with van der Waals surface area (Å²) >= 11 is 0. The van der Waals surface area contributed by atoms with E-state index in [1.807, 2.05) is 66.7 Å². The number of hydrogen-bond acceptors (Lipinski definition) is 4. The summed E-state index contributed by atoms with van der Waals surface area (Å²) in [5.41, 5.74) is 2.05. The number of anilines is 1. The van der Waals surface area contributed by atoms with E-state index in [4.69, 9.17) is 14.2 Å². The zero-order valence-electron chi connectivity index (χ0n) is 17.4. The molecule has 0 heterocycles. The number of benzene rings is 4. The Balaban J connectivity index is 1.57. The summed E-state index contributed by atoms with van der Waals surface area (Å²) in [6.07, 6.45) is 0. The molecule has 0 saturated carbocycles. The lowest BCUT2D eigenvalue weighted by molar-refractivity contribution is 0.102. The largest absolute Gasteiger partial charge is 0.496 e. The minimum absolute atomic E-state index is 0.197. The Morgan fingerprint density at radius 3 is 2.29 bits per heavy atom. The van der Waals surface area contributed by atoms with Gasteiger partial charge in [0.15, 0.2) is 11.5 Å². The second kappa shape index (κ2) is 9.22. The van der Waals surface area contributed by atoms with Crippen LogP contribution in [0.5, 0.6) is 17.2 Å². The van der Waals surface area contributed by atoms with Crippen molar-refractivity contribution in [3.63, 3.8) is 0 Å². The highest BCUT2D eigenvalue weighted by atomic mass is 16.5. The molecule has 0 aliphatic rings. The zero-order valence-corrected chi connectivity index (χ0v) is 17.4. The van der Waals surface area contributed by atoms with Crippen LogP contribution in [0.25, 0.3) is 10.8 Å². The summed E-state index contributed by atoms with van der Waals surface area (Å²) in [7, 11) is 3.19. The highest BCUT2D eigenvalue weighted by molar-refractivity contribution is 6.09. The van der Waals surface area contributed by atoms with Crippen molar-refractivity contribution in [2.45, 2.75) is 6.61 Å². The van der Waals surface area contributed by atoms with Crippen molar-refractivity contribution in [3.8, 4) is 17.2 Å². The third kappa shape index (κ3) is 4.46. The third-order valence-corrected chi connectivity index (χ3v) is 5.03. The maximum absolute atomic E-state index is 13.0. The van der Waals surface area contributed by atoms with Crippen LogP contribution in [-0.4, -0.2) is 20.1 Å². The van der Waals surface area contributed by atoms with E-state index in [-0.39, 0.29) is 12.5 Å². The molecule has 5 nitrogen and oxygen atoms in total. The van der Waals surface area contributed by atoms with Crippen LogP contribution in [0.1, 0.15) is 15.9 Å². The van der Waals surface area contributed by atoms with Crippen LogP contribution >= 0.6 is 0 Å². The van der Waals surface area contributed by atoms with Crippen molar-refractivity contribution < 1.29 is 19.0 Å². The number of fused-ring (bicyclic) bond motifs is 1. The number of carbonyl (C=O) groups excluding carboxylic acids is 1. The lowest BCUT2D eigenvalue weighted by Crippen LogP contribution is -2.13. The lowest BCUT2D eigenvalue weighted by Gasteiger charge is -2.14. The van der Waals surface area contributed by atoms with Gasteiger partial charge in [0, 0.05) is 22.2 Å². The quantitative estimate of drug-likeness (QED) is 0.423. The van der Waals surface area contributed by atoms with Crippen molar-refractivity contribution in [1.82, 2.24) is 0 Å². The van der Waals surface area contributed by atoms with Gasteiger partial charge in [-0.25, -0.2) is 0 Å². The monoisotopic (exact) mass is 413 g/mol. The van der Waals surface area contributed by atoms with Crippen LogP contribution in [0.3, 0.4) is 0 Å². The molecule has 0 aliphatic carbocycles. The predicted molar refractivity (Wildman–Crippen MR) is 122 cm³/mol. The van der Waals surface area contributed by atoms with E-state index in [1.165, 1.54) is 0 Å². The highest BCUT2D eigenvalue weighted by Crippen LogP contribution is 2.29. The molecular weight excluding hydrogens is 390 g/mol. The van der Waals surface area contributed by atoms with Crippen LogP contribution in [0.15, 0.2) is 84.9 Å². The first-order chi connectivity index (χ1) is 15.2. The molecule has 0 bridgehead atoms. The molecular formula is C26H23NO4. The number of para-hydroxylation sites is 2. The van der Waals surface area contributed by atoms with Crippen molar-refractivity contribution in [3.05, 3.63) is 96.1 Å². The Kier molecular flexibility index (Phi) is 6.03. The molecule has 0 fully saturated rings. The maximum atomic E-state index is 13.0. The van der Waals surface area contributed by atoms with Gasteiger partial charge in [-0.15, -0.1) is 0 Å². The lowest BCUT2D eigenvalue weighted by atomic mass is 10.1. The molecule has 0 atom stereocenters. The van der Waals surface area contributed by atoms with E-state index in [0.717, 1.165) is 22.0 Å². The van der Waals surface area contributed by atoms with Gasteiger partial charge < -0.3 is 19.5 Å². The molecule has 1 amide bonds. The smallest absolute Gasteiger partial charge is 0.255 e. The number of methoxy groups -OCH3 is 2. The van der Waals surface area contributed by atoms with E-state index < -0.39 is 0 Å². The average Bonchev–Trinajstić information content (AvgIpc) is 2.83. The summed E-state index contributed by atoms with van der Waals surface area (Å²) in [5.74, 6) is 1.72. The third-order valence-electron chi connectivity index (χ3n) is 5.03. The van der Waals surface area contributed by atoms with Gasteiger partial charge >= 0.3 is 0 Å². The summed E-state index contributed by atoms with van der Waals surface area (Å²) in [5, 5.41) is 5.08. The summed E-state index contributed by atoms with van der Waals surface area (Å²) in [4.78, 5) is 13.0. The first-order valence-corrected chi connectivity index (χ1v) is 9.91. The molecule has 156 valence electrons. The topological polar surface area (TPSA) is 56.8 Å². The molecule has 0 unspecified atom stereocenters. The molecule has 0 aromatic heterocycles. The van der Waals surface area contributed by atoms with Gasteiger partial charge in [-0.3, -0.25) is 4.79 Å². The number of hydrogen-bond donors (Lipinski definition) is 1. The Morgan fingerprint density at radius 1 is 0.774 bits per heavy atom. The summed E-state index contributed by atoms with van der Waals surface area (Å²) in [6.45, 7) is 0.235. The second-order valence-electron chi connectivity index (χ2n) is 6.95. The van der Waals surface area contributed by atoms with Crippen LogP contribution in [0, 0.1) is 0 Å². The van der Waals surface area contributed by atoms with Gasteiger partial charge in [-0.05, 0) is 41.8 Å². The van der Waals surface area contributed by atoms with Crippen molar-refractivity contribution in [2.75, 3.05) is 19.5 Å². The van der Waals surface area contributed by atoms with Crippen LogP contribution in [0.4, 0.5) is 5.69 Å². The number of nitrogens with one attached hydrogen (secondary N) is 1. The van der Waals surface area contributed by atoms with Gasteiger partial charge in [0.05, 0.1) is 14.2 Å². The van der Waals surface area contributed by atoms with Crippen LogP contribution < -0.4 is 19.5 Å². The second-order valence-corrected chi connectivity index (χ2v) is 6.95. The number of rotatable bonds is 7. The SMILES string of the molecule is COc1ccc(C(=O)Nc2cccc3ccccc23)cc1COc1ccccc1OC. The van der Waals surface area contributed by atoms with Gasteiger partial charge in [-0.2, -0.15) is 0 Å². The van der Waals surface area contributed by atoms with Crippen LogP contribution in [-0.2, 0) is 6.61 Å². The number of ether oxygens (including phenoxy) is 3. The van der Waals surface area contributed by atoms with Gasteiger partial charge in [0.25, 0.3) is 5.91 Å². The molecule has 4 aromatic rings. The number of carbonyl (C=O) groups is 1. The van der Waals surface area contributed by atoms with Crippen molar-refractivity contribution >= 4 is 22.4 Å². The Hall–Kier alpha value is -3.99. The molecule has 5 heteroatoms. The van der Waals surface area contributed by atoms with Crippen LogP contribution in [0.2, 0.25) is 0 Å². The zero-order chi connectivity index (χ0) is 21.6. The molecule has 4 aromatic carbocycles. The van der Waals surface area contributed by atoms with Crippen molar-refractivity contribution in [1.29, 1.82) is 0 Å². The Bertz CT molecular complexity index is 1210. The fourth-order valence-corrected chi connectivity index (χ4v) is 3.46. The minimum Gasteiger partial charge on any atom is -0.496 e. The van der Waals surface area contributed by atoms with Crippen molar-refractivity contribution in [2.24, 2.45) is 0 Å². The highest BCUT2D eigenvalue weighted by Gasteiger charge is 2.13.